The van der Waals surface area contributed by atoms with E-state index in [9.17, 15) is 13.2 Å². The monoisotopic (exact) mass is 360 g/mol. The Morgan fingerprint density at radius 2 is 1.74 bits per heavy atom. The zero-order valence-electron chi connectivity index (χ0n) is 13.8. The number of anilines is 1. The molecule has 0 saturated heterocycles. The van der Waals surface area contributed by atoms with Gasteiger partial charge in [0, 0.05) is 11.5 Å². The van der Waals surface area contributed by atoms with Crippen LogP contribution in [0.5, 0.6) is 0 Å². The van der Waals surface area contributed by atoms with Gasteiger partial charge in [-0.1, -0.05) is 57.8 Å². The molecule has 0 unspecified atom stereocenters. The van der Waals surface area contributed by atoms with Crippen LogP contribution in [0.2, 0.25) is 0 Å². The summed E-state index contributed by atoms with van der Waals surface area (Å²) < 4.78 is 27.4. The Labute approximate surface area is 141 Å². The zero-order chi connectivity index (χ0) is 17.1. The van der Waals surface area contributed by atoms with Crippen molar-refractivity contribution in [3.8, 4) is 0 Å². The summed E-state index contributed by atoms with van der Waals surface area (Å²) in [6.45, 7) is 5.32. The lowest BCUT2D eigenvalue weighted by atomic mass is 9.96. The number of rotatable bonds is 4. The first-order valence-electron chi connectivity index (χ1n) is 7.86. The van der Waals surface area contributed by atoms with E-state index in [1.807, 2.05) is 0 Å². The maximum atomic E-state index is 12.4. The molecule has 1 saturated carbocycles. The van der Waals surface area contributed by atoms with Crippen molar-refractivity contribution in [3.05, 3.63) is 0 Å². The highest BCUT2D eigenvalue weighted by molar-refractivity contribution is 7.91. The molecule has 2 N–H and O–H groups in total. The van der Waals surface area contributed by atoms with Crippen LogP contribution >= 0.6 is 11.3 Å². The maximum absolute atomic E-state index is 12.4. The lowest BCUT2D eigenvalue weighted by Crippen LogP contribution is -2.34. The van der Waals surface area contributed by atoms with Gasteiger partial charge in [-0.05, 0) is 12.8 Å². The van der Waals surface area contributed by atoms with Crippen LogP contribution < -0.4 is 10.0 Å². The van der Waals surface area contributed by atoms with Crippen LogP contribution in [-0.4, -0.2) is 30.6 Å². The highest BCUT2D eigenvalue weighted by atomic mass is 32.2. The van der Waals surface area contributed by atoms with Gasteiger partial charge in [-0.3, -0.25) is 4.79 Å². The number of sulfonamides is 1. The minimum absolute atomic E-state index is 0.0426. The van der Waals surface area contributed by atoms with Gasteiger partial charge in [-0.25, -0.2) is 13.1 Å². The molecule has 0 bridgehead atoms. The first-order chi connectivity index (χ1) is 10.7. The molecular weight excluding hydrogens is 336 g/mol. The fourth-order valence-corrected chi connectivity index (χ4v) is 4.54. The van der Waals surface area contributed by atoms with Crippen LogP contribution in [0.4, 0.5) is 5.13 Å². The Morgan fingerprint density at radius 3 is 2.30 bits per heavy atom. The molecular formula is C14H24N4O3S2. The SMILES string of the molecule is CC(C)(C)C(=O)Nc1nnc(S(=O)(=O)NC2CCCCCC2)s1. The van der Waals surface area contributed by atoms with Crippen molar-refractivity contribution in [1.29, 1.82) is 0 Å². The van der Waals surface area contributed by atoms with E-state index in [0.29, 0.717) is 0 Å². The molecule has 1 amide bonds. The van der Waals surface area contributed by atoms with Crippen molar-refractivity contribution < 1.29 is 13.2 Å². The van der Waals surface area contributed by atoms with E-state index in [4.69, 9.17) is 0 Å². The van der Waals surface area contributed by atoms with E-state index in [2.05, 4.69) is 20.2 Å². The molecule has 1 heterocycles. The quantitative estimate of drug-likeness (QED) is 0.635. The third-order valence-electron chi connectivity index (χ3n) is 3.71. The van der Waals surface area contributed by atoms with Gasteiger partial charge in [0.05, 0.1) is 0 Å². The van der Waals surface area contributed by atoms with Crippen LogP contribution in [0.15, 0.2) is 4.34 Å². The maximum Gasteiger partial charge on any atom is 0.270 e. The van der Waals surface area contributed by atoms with E-state index in [-0.39, 0.29) is 21.4 Å². The number of hydrogen-bond acceptors (Lipinski definition) is 6. The summed E-state index contributed by atoms with van der Waals surface area (Å²) in [6, 6.07) is -0.0426. The first-order valence-corrected chi connectivity index (χ1v) is 10.2. The molecule has 23 heavy (non-hydrogen) atoms. The molecule has 1 aliphatic rings. The van der Waals surface area contributed by atoms with Crippen LogP contribution in [0.1, 0.15) is 59.3 Å². The standard InChI is InChI=1S/C14H24N4O3S2/c1-14(2,3)11(19)15-12-16-17-13(22-12)23(20,21)18-10-8-6-4-5-7-9-10/h10,18H,4-9H2,1-3H3,(H,15,16,19). The average molecular weight is 361 g/mol. The van der Waals surface area contributed by atoms with Crippen molar-refractivity contribution >= 4 is 32.4 Å². The molecule has 2 rings (SSSR count). The Balaban J connectivity index is 2.04. The van der Waals surface area contributed by atoms with Crippen LogP contribution in [0.3, 0.4) is 0 Å². The van der Waals surface area contributed by atoms with Gasteiger partial charge < -0.3 is 5.32 Å². The van der Waals surface area contributed by atoms with E-state index in [1.165, 1.54) is 0 Å². The number of carbonyl (C=O) groups excluding carboxylic acids is 1. The first kappa shape index (κ1) is 18.3. The minimum Gasteiger partial charge on any atom is -0.300 e. The second kappa shape index (κ2) is 7.23. The number of carbonyl (C=O) groups is 1. The van der Waals surface area contributed by atoms with Crippen LogP contribution in [0, 0.1) is 5.41 Å². The number of nitrogens with zero attached hydrogens (tertiary/aromatic N) is 2. The fourth-order valence-electron chi connectivity index (χ4n) is 2.32. The highest BCUT2D eigenvalue weighted by Crippen LogP contribution is 2.24. The summed E-state index contributed by atoms with van der Waals surface area (Å²) in [5.41, 5.74) is -0.580. The van der Waals surface area contributed by atoms with Gasteiger partial charge in [-0.2, -0.15) is 0 Å². The molecule has 0 aliphatic heterocycles. The normalized spacial score (nSPS) is 17.7. The lowest BCUT2D eigenvalue weighted by Gasteiger charge is -2.15. The molecule has 0 aromatic carbocycles. The van der Waals surface area contributed by atoms with Crippen molar-refractivity contribution in [2.24, 2.45) is 5.41 Å². The smallest absolute Gasteiger partial charge is 0.270 e. The number of aromatic nitrogens is 2. The fraction of sp³-hybridized carbons (Fsp3) is 0.786. The predicted molar refractivity (Wildman–Crippen MR) is 89.8 cm³/mol. The van der Waals surface area contributed by atoms with E-state index in [0.717, 1.165) is 49.9 Å². The minimum atomic E-state index is -3.68. The molecule has 1 aromatic rings. The topological polar surface area (TPSA) is 101 Å². The summed E-state index contributed by atoms with van der Waals surface area (Å²) in [5, 5.41) is 10.3. The van der Waals surface area contributed by atoms with Crippen molar-refractivity contribution in [2.75, 3.05) is 5.32 Å². The molecule has 130 valence electrons. The zero-order valence-corrected chi connectivity index (χ0v) is 15.4. The molecule has 0 radical (unpaired) electrons. The highest BCUT2D eigenvalue weighted by Gasteiger charge is 2.27. The van der Waals surface area contributed by atoms with E-state index >= 15 is 0 Å². The Morgan fingerprint density at radius 1 is 1.13 bits per heavy atom. The number of hydrogen-bond donors (Lipinski definition) is 2. The van der Waals surface area contributed by atoms with Gasteiger partial charge in [-0.15, -0.1) is 10.2 Å². The summed E-state index contributed by atoms with van der Waals surface area (Å²) in [7, 11) is -3.68. The van der Waals surface area contributed by atoms with E-state index < -0.39 is 15.4 Å². The molecule has 0 atom stereocenters. The Bertz CT molecular complexity index is 641. The Kier molecular flexibility index (Phi) is 5.74. The van der Waals surface area contributed by atoms with Gasteiger partial charge in [0.25, 0.3) is 10.0 Å². The van der Waals surface area contributed by atoms with Gasteiger partial charge in [0.15, 0.2) is 0 Å². The third kappa shape index (κ3) is 5.22. The van der Waals surface area contributed by atoms with Gasteiger partial charge in [0.2, 0.25) is 15.4 Å². The molecule has 9 heteroatoms. The van der Waals surface area contributed by atoms with E-state index in [1.54, 1.807) is 20.8 Å². The van der Waals surface area contributed by atoms with Crippen LogP contribution in [-0.2, 0) is 14.8 Å². The molecule has 0 spiro atoms. The molecule has 1 fully saturated rings. The average Bonchev–Trinajstić information content (AvgIpc) is 2.76. The summed E-state index contributed by atoms with van der Waals surface area (Å²) in [4.78, 5) is 11.9. The van der Waals surface area contributed by atoms with Gasteiger partial charge in [0.1, 0.15) is 0 Å². The number of nitrogens with one attached hydrogen (secondary N) is 2. The Hall–Kier alpha value is -1.06. The number of amides is 1. The second-order valence-electron chi connectivity index (χ2n) is 6.89. The summed E-state index contributed by atoms with van der Waals surface area (Å²) in [5.74, 6) is -0.227. The molecule has 7 nitrogen and oxygen atoms in total. The van der Waals surface area contributed by atoms with Crippen molar-refractivity contribution in [3.63, 3.8) is 0 Å². The summed E-state index contributed by atoms with van der Waals surface area (Å²) in [6.07, 6.45) is 6.09. The predicted octanol–water partition coefficient (Wildman–Crippen LogP) is 2.52. The van der Waals surface area contributed by atoms with Crippen LogP contribution in [0.25, 0.3) is 0 Å². The van der Waals surface area contributed by atoms with Crippen molar-refractivity contribution in [1.82, 2.24) is 14.9 Å². The lowest BCUT2D eigenvalue weighted by molar-refractivity contribution is -0.123. The molecule has 1 aliphatic carbocycles. The largest absolute Gasteiger partial charge is 0.300 e. The summed E-state index contributed by atoms with van der Waals surface area (Å²) >= 11 is 0.873. The van der Waals surface area contributed by atoms with Crippen molar-refractivity contribution in [2.45, 2.75) is 69.7 Å². The second-order valence-corrected chi connectivity index (χ2v) is 9.75. The molecule has 1 aromatic heterocycles. The van der Waals surface area contributed by atoms with Gasteiger partial charge >= 0.3 is 0 Å². The third-order valence-corrected chi connectivity index (χ3v) is 6.44.